The van der Waals surface area contributed by atoms with Crippen molar-refractivity contribution in [2.45, 2.75) is 19.5 Å². The normalized spacial score (nSPS) is 10.7. The Morgan fingerprint density at radius 3 is 2.61 bits per heavy atom. The van der Waals surface area contributed by atoms with Gasteiger partial charge in [0.2, 0.25) is 5.91 Å². The fraction of sp³-hybridized carbons (Fsp3) is 0.500. The van der Waals surface area contributed by atoms with Crippen LogP contribution in [0.5, 0.6) is 0 Å². The lowest BCUT2D eigenvalue weighted by atomic mass is 10.3. The number of aromatic amines is 1. The molecule has 1 aromatic rings. The number of hydrogen-bond donors (Lipinski definition) is 4. The van der Waals surface area contributed by atoms with Gasteiger partial charge in [0, 0.05) is 11.8 Å². The minimum atomic E-state index is -0.767. The van der Waals surface area contributed by atoms with E-state index in [0.29, 0.717) is 5.56 Å². The molecular formula is C10H15N3O5. The van der Waals surface area contributed by atoms with Crippen LogP contribution in [0.15, 0.2) is 15.8 Å². The molecule has 0 fully saturated rings. The van der Waals surface area contributed by atoms with Gasteiger partial charge in [-0.1, -0.05) is 0 Å². The van der Waals surface area contributed by atoms with E-state index in [1.54, 1.807) is 0 Å². The molecule has 8 heteroatoms. The highest BCUT2D eigenvalue weighted by Gasteiger charge is 2.11. The highest BCUT2D eigenvalue weighted by Crippen LogP contribution is 1.86. The molecule has 1 heterocycles. The first kappa shape index (κ1) is 14.1. The van der Waals surface area contributed by atoms with Gasteiger partial charge >= 0.3 is 5.69 Å². The van der Waals surface area contributed by atoms with Crippen LogP contribution in [0.2, 0.25) is 0 Å². The van der Waals surface area contributed by atoms with E-state index in [9.17, 15) is 14.4 Å². The van der Waals surface area contributed by atoms with Crippen LogP contribution in [-0.2, 0) is 11.3 Å². The lowest BCUT2D eigenvalue weighted by Gasteiger charge is -2.13. The Morgan fingerprint density at radius 1 is 1.44 bits per heavy atom. The van der Waals surface area contributed by atoms with Crippen LogP contribution in [0.1, 0.15) is 5.56 Å². The summed E-state index contributed by atoms with van der Waals surface area (Å²) in [5, 5.41) is 19.9. The molecule has 1 amide bonds. The van der Waals surface area contributed by atoms with Crippen molar-refractivity contribution in [2.75, 3.05) is 13.2 Å². The van der Waals surface area contributed by atoms with Gasteiger partial charge in [-0.3, -0.25) is 19.1 Å². The number of carbonyl (C=O) groups excluding carboxylic acids is 1. The van der Waals surface area contributed by atoms with E-state index in [4.69, 9.17) is 10.2 Å². The van der Waals surface area contributed by atoms with E-state index in [2.05, 4.69) is 10.3 Å². The average molecular weight is 257 g/mol. The summed E-state index contributed by atoms with van der Waals surface area (Å²) in [5.74, 6) is -0.545. The van der Waals surface area contributed by atoms with Gasteiger partial charge in [0.05, 0.1) is 19.3 Å². The van der Waals surface area contributed by atoms with Gasteiger partial charge < -0.3 is 15.5 Å². The first-order valence-electron chi connectivity index (χ1n) is 5.29. The van der Waals surface area contributed by atoms with Crippen LogP contribution in [-0.4, -0.2) is 44.9 Å². The molecule has 0 atom stereocenters. The molecule has 0 radical (unpaired) electrons. The third-order valence-electron chi connectivity index (χ3n) is 2.31. The minimum Gasteiger partial charge on any atom is -0.394 e. The van der Waals surface area contributed by atoms with Gasteiger partial charge in [-0.05, 0) is 6.92 Å². The summed E-state index contributed by atoms with van der Waals surface area (Å²) < 4.78 is 1.04. The van der Waals surface area contributed by atoms with Crippen LogP contribution < -0.4 is 16.6 Å². The van der Waals surface area contributed by atoms with Crippen LogP contribution in [0.4, 0.5) is 0 Å². The molecule has 1 aromatic heterocycles. The number of H-pyrrole nitrogens is 1. The summed E-state index contributed by atoms with van der Waals surface area (Å²) in [7, 11) is 0. The van der Waals surface area contributed by atoms with Gasteiger partial charge in [-0.25, -0.2) is 4.79 Å². The van der Waals surface area contributed by atoms with E-state index in [1.807, 2.05) is 0 Å². The molecule has 100 valence electrons. The molecule has 0 saturated carbocycles. The topological polar surface area (TPSA) is 124 Å². The fourth-order valence-corrected chi connectivity index (χ4v) is 1.31. The monoisotopic (exact) mass is 257 g/mol. The summed E-state index contributed by atoms with van der Waals surface area (Å²) in [6.07, 6.45) is 1.27. The second-order valence-corrected chi connectivity index (χ2v) is 3.83. The van der Waals surface area contributed by atoms with Crippen LogP contribution in [0.3, 0.4) is 0 Å². The zero-order chi connectivity index (χ0) is 13.7. The Labute approximate surface area is 102 Å². The maximum atomic E-state index is 11.5. The lowest BCUT2D eigenvalue weighted by Crippen LogP contribution is -2.43. The Bertz CT molecular complexity index is 529. The van der Waals surface area contributed by atoms with Crippen LogP contribution in [0.25, 0.3) is 0 Å². The van der Waals surface area contributed by atoms with Crippen molar-refractivity contribution in [1.82, 2.24) is 14.9 Å². The Hall–Kier alpha value is -1.93. The second-order valence-electron chi connectivity index (χ2n) is 3.83. The van der Waals surface area contributed by atoms with Gasteiger partial charge in [-0.2, -0.15) is 0 Å². The smallest absolute Gasteiger partial charge is 0.328 e. The number of aromatic nitrogens is 2. The number of hydrogen-bond acceptors (Lipinski definition) is 5. The number of rotatable bonds is 5. The first-order chi connectivity index (χ1) is 8.47. The van der Waals surface area contributed by atoms with Crippen molar-refractivity contribution in [3.63, 3.8) is 0 Å². The van der Waals surface area contributed by atoms with E-state index in [1.165, 1.54) is 13.1 Å². The van der Waals surface area contributed by atoms with Gasteiger partial charge in [0.1, 0.15) is 6.54 Å². The van der Waals surface area contributed by atoms with E-state index >= 15 is 0 Å². The fourth-order valence-electron chi connectivity index (χ4n) is 1.31. The van der Waals surface area contributed by atoms with Crippen LogP contribution in [0, 0.1) is 6.92 Å². The van der Waals surface area contributed by atoms with Crippen molar-refractivity contribution in [3.05, 3.63) is 32.6 Å². The molecule has 0 unspecified atom stereocenters. The molecule has 1 rings (SSSR count). The maximum Gasteiger partial charge on any atom is 0.328 e. The van der Waals surface area contributed by atoms with Gasteiger partial charge in [0.15, 0.2) is 0 Å². The third kappa shape index (κ3) is 3.54. The lowest BCUT2D eigenvalue weighted by molar-refractivity contribution is -0.123. The van der Waals surface area contributed by atoms with Gasteiger partial charge in [-0.15, -0.1) is 0 Å². The van der Waals surface area contributed by atoms with Gasteiger partial charge in [0.25, 0.3) is 5.56 Å². The number of nitrogens with one attached hydrogen (secondary N) is 2. The quantitative estimate of drug-likeness (QED) is 0.457. The van der Waals surface area contributed by atoms with Crippen molar-refractivity contribution in [2.24, 2.45) is 0 Å². The molecule has 0 bridgehead atoms. The molecular weight excluding hydrogens is 242 g/mol. The summed E-state index contributed by atoms with van der Waals surface area (Å²) in [4.78, 5) is 36.1. The number of aryl methyl sites for hydroxylation is 1. The number of amides is 1. The largest absolute Gasteiger partial charge is 0.394 e. The number of aliphatic hydroxyl groups excluding tert-OH is 2. The Kier molecular flexibility index (Phi) is 4.81. The number of carbonyl (C=O) groups is 1. The molecule has 0 aliphatic carbocycles. The predicted octanol–water partition coefficient (Wildman–Crippen LogP) is -2.69. The standard InChI is InChI=1S/C10H15N3O5/c1-6-2-13(10(18)12-9(6)17)3-8(16)11-7(4-14)5-15/h2,7,14-15H,3-5H2,1H3,(H,11,16)(H,12,17,18). The van der Waals surface area contributed by atoms with E-state index in [-0.39, 0.29) is 6.54 Å². The summed E-state index contributed by atoms with van der Waals surface area (Å²) >= 11 is 0. The maximum absolute atomic E-state index is 11.5. The first-order valence-corrected chi connectivity index (χ1v) is 5.29. The summed E-state index contributed by atoms with van der Waals surface area (Å²) in [6.45, 7) is 0.410. The zero-order valence-electron chi connectivity index (χ0n) is 9.84. The second kappa shape index (κ2) is 6.12. The van der Waals surface area contributed by atoms with E-state index in [0.717, 1.165) is 4.57 Å². The van der Waals surface area contributed by atoms with Crippen molar-refractivity contribution in [3.8, 4) is 0 Å². The van der Waals surface area contributed by atoms with Crippen molar-refractivity contribution in [1.29, 1.82) is 0 Å². The van der Waals surface area contributed by atoms with E-state index < -0.39 is 36.4 Å². The van der Waals surface area contributed by atoms with Crippen molar-refractivity contribution >= 4 is 5.91 Å². The zero-order valence-corrected chi connectivity index (χ0v) is 9.84. The highest BCUT2D eigenvalue weighted by molar-refractivity contribution is 5.76. The number of aliphatic hydroxyl groups is 2. The van der Waals surface area contributed by atoms with Crippen LogP contribution >= 0.6 is 0 Å². The Morgan fingerprint density at radius 2 is 2.06 bits per heavy atom. The third-order valence-corrected chi connectivity index (χ3v) is 2.31. The molecule has 0 spiro atoms. The number of nitrogens with zero attached hydrogens (tertiary/aromatic N) is 1. The molecule has 0 aromatic carbocycles. The Balaban J connectivity index is 2.79. The molecule has 4 N–H and O–H groups in total. The summed E-state index contributed by atoms with van der Waals surface area (Å²) in [6, 6.07) is -0.767. The summed E-state index contributed by atoms with van der Waals surface area (Å²) in [5.41, 5.74) is -0.881. The van der Waals surface area contributed by atoms with Crippen molar-refractivity contribution < 1.29 is 15.0 Å². The molecule has 8 nitrogen and oxygen atoms in total. The molecule has 0 aliphatic heterocycles. The highest BCUT2D eigenvalue weighted by atomic mass is 16.3. The molecule has 0 saturated heterocycles. The molecule has 18 heavy (non-hydrogen) atoms. The SMILES string of the molecule is Cc1cn(CC(=O)NC(CO)CO)c(=O)[nH]c1=O. The minimum absolute atomic E-state index is 0.299. The predicted molar refractivity (Wildman–Crippen MR) is 62.2 cm³/mol. The average Bonchev–Trinajstić information content (AvgIpc) is 2.33. The molecule has 0 aliphatic rings.